The van der Waals surface area contributed by atoms with E-state index in [2.05, 4.69) is 17.3 Å². The Morgan fingerprint density at radius 2 is 2.11 bits per heavy atom. The fourth-order valence-electron chi connectivity index (χ4n) is 3.95. The van der Waals surface area contributed by atoms with Crippen molar-refractivity contribution >= 4 is 23.5 Å². The van der Waals surface area contributed by atoms with E-state index in [1.54, 1.807) is 18.2 Å². The molecule has 0 radical (unpaired) electrons. The first-order chi connectivity index (χ1) is 18.2. The summed E-state index contributed by atoms with van der Waals surface area (Å²) in [6, 6.07) is 9.15. The average molecular weight is 550 g/mol. The van der Waals surface area contributed by atoms with E-state index in [-0.39, 0.29) is 31.0 Å². The Labute approximate surface area is 226 Å². The van der Waals surface area contributed by atoms with Gasteiger partial charge in [-0.1, -0.05) is 24.3 Å². The van der Waals surface area contributed by atoms with E-state index in [9.17, 15) is 23.5 Å². The van der Waals surface area contributed by atoms with Crippen LogP contribution >= 0.6 is 11.3 Å². The standard InChI is InChI=1S/C17H18FNO4S.C11H19FN2/c18-14-4-2-1-3-12(14)7-11-8-13(24-10-11)5-6-19-17(23)16(22)15(21)9-20;1-14-9-3-6-11(14)5-2-4-10(12)7-8-13/h1-4,8-10,15-16,21-22H,5-7H2,(H,19,23);2,4,7,11H,3,5-6,8-9,13H2,1H3/b;4-2-,10-7+. The SMILES string of the molecule is CN1CCCC1C/C=C\C(F)=C/CN.O=CC(O)C(O)C(=O)NCCc1cc(Cc2ccccc2F)cs1. The molecule has 1 aromatic carbocycles. The summed E-state index contributed by atoms with van der Waals surface area (Å²) in [5, 5.41) is 22.8. The monoisotopic (exact) mass is 549 g/mol. The molecular weight excluding hydrogens is 512 g/mol. The number of nitrogens with one attached hydrogen (secondary N) is 1. The van der Waals surface area contributed by atoms with Crippen molar-refractivity contribution in [3.63, 3.8) is 0 Å². The van der Waals surface area contributed by atoms with Gasteiger partial charge in [0.1, 0.15) is 17.7 Å². The third-order valence-electron chi connectivity index (χ3n) is 6.13. The van der Waals surface area contributed by atoms with Crippen LogP contribution in [0.15, 0.2) is 59.8 Å². The number of halogens is 2. The lowest BCUT2D eigenvalue weighted by Gasteiger charge is -2.16. The zero-order chi connectivity index (χ0) is 27.9. The molecule has 2 heterocycles. The quantitative estimate of drug-likeness (QED) is 0.239. The van der Waals surface area contributed by atoms with Gasteiger partial charge in [-0.05, 0) is 80.1 Å². The van der Waals surface area contributed by atoms with E-state index in [1.807, 2.05) is 17.5 Å². The highest BCUT2D eigenvalue weighted by Gasteiger charge is 2.23. The molecule has 38 heavy (non-hydrogen) atoms. The number of hydrogen-bond acceptors (Lipinski definition) is 7. The molecule has 10 heteroatoms. The van der Waals surface area contributed by atoms with Crippen molar-refractivity contribution in [1.82, 2.24) is 10.2 Å². The Bertz CT molecular complexity index is 1080. The number of hydrogen-bond donors (Lipinski definition) is 4. The minimum atomic E-state index is -1.76. The zero-order valence-electron chi connectivity index (χ0n) is 21.6. The summed E-state index contributed by atoms with van der Waals surface area (Å²) >= 11 is 1.50. The van der Waals surface area contributed by atoms with Crippen molar-refractivity contribution < 1.29 is 28.6 Å². The summed E-state index contributed by atoms with van der Waals surface area (Å²) in [7, 11) is 2.12. The summed E-state index contributed by atoms with van der Waals surface area (Å²) in [6.07, 6.45) is 5.88. The van der Waals surface area contributed by atoms with Crippen molar-refractivity contribution in [2.75, 3.05) is 26.7 Å². The molecule has 1 amide bonds. The Morgan fingerprint density at radius 3 is 2.76 bits per heavy atom. The van der Waals surface area contributed by atoms with Gasteiger partial charge in [0.2, 0.25) is 0 Å². The molecule has 0 saturated carbocycles. The lowest BCUT2D eigenvalue weighted by Crippen LogP contribution is -2.43. The first-order valence-corrected chi connectivity index (χ1v) is 13.4. The summed E-state index contributed by atoms with van der Waals surface area (Å²) in [6.45, 7) is 1.69. The fourth-order valence-corrected chi connectivity index (χ4v) is 4.84. The number of rotatable bonds is 12. The number of benzene rings is 1. The van der Waals surface area contributed by atoms with Crippen molar-refractivity contribution in [3.8, 4) is 0 Å². The van der Waals surface area contributed by atoms with Gasteiger partial charge in [-0.2, -0.15) is 0 Å². The number of carbonyl (C=O) groups is 2. The van der Waals surface area contributed by atoms with Crippen LogP contribution in [-0.2, 0) is 22.4 Å². The molecule has 1 aliphatic heterocycles. The molecule has 7 nitrogen and oxygen atoms in total. The second-order valence-corrected chi connectivity index (χ2v) is 10.0. The summed E-state index contributed by atoms with van der Waals surface area (Å²) in [4.78, 5) is 25.1. The van der Waals surface area contributed by atoms with Crippen molar-refractivity contribution in [2.45, 2.75) is 50.4 Å². The van der Waals surface area contributed by atoms with Crippen molar-refractivity contribution in [1.29, 1.82) is 0 Å². The van der Waals surface area contributed by atoms with E-state index < -0.39 is 18.1 Å². The molecular formula is C28H37F2N3O4S. The van der Waals surface area contributed by atoms with Crippen LogP contribution in [-0.4, -0.2) is 72.2 Å². The normalized spacial score (nSPS) is 17.6. The van der Waals surface area contributed by atoms with Crippen LogP contribution in [0.1, 0.15) is 35.3 Å². The van der Waals surface area contributed by atoms with Crippen LogP contribution in [0.3, 0.4) is 0 Å². The lowest BCUT2D eigenvalue weighted by molar-refractivity contribution is -0.139. The molecule has 0 bridgehead atoms. The van der Waals surface area contributed by atoms with Crippen LogP contribution < -0.4 is 11.1 Å². The van der Waals surface area contributed by atoms with Gasteiger partial charge >= 0.3 is 0 Å². The van der Waals surface area contributed by atoms with Gasteiger partial charge in [-0.3, -0.25) is 4.79 Å². The van der Waals surface area contributed by atoms with Crippen LogP contribution in [0.4, 0.5) is 8.78 Å². The summed E-state index contributed by atoms with van der Waals surface area (Å²) < 4.78 is 26.5. The number of likely N-dealkylation sites (tertiary alicyclic amines) is 1. The first kappa shape index (κ1) is 31.5. The lowest BCUT2D eigenvalue weighted by atomic mass is 10.1. The number of nitrogens with two attached hydrogens (primary N) is 1. The number of amides is 1. The second kappa shape index (κ2) is 17.0. The molecule has 1 aliphatic rings. The first-order valence-electron chi connectivity index (χ1n) is 12.6. The van der Waals surface area contributed by atoms with Gasteiger partial charge in [0, 0.05) is 30.4 Å². The highest BCUT2D eigenvalue weighted by atomic mass is 32.1. The number of aliphatic hydroxyl groups excluding tert-OH is 2. The molecule has 2 aromatic rings. The average Bonchev–Trinajstić information content (AvgIpc) is 3.53. The van der Waals surface area contributed by atoms with E-state index in [4.69, 9.17) is 10.8 Å². The van der Waals surface area contributed by atoms with Crippen molar-refractivity contribution in [3.05, 3.63) is 81.6 Å². The van der Waals surface area contributed by atoms with Gasteiger partial charge in [0.25, 0.3) is 5.91 Å². The number of carbonyl (C=O) groups excluding carboxylic acids is 2. The minimum Gasteiger partial charge on any atom is -0.382 e. The van der Waals surface area contributed by atoms with Gasteiger partial charge in [0.15, 0.2) is 12.4 Å². The molecule has 3 atom stereocenters. The number of allylic oxidation sites excluding steroid dienone is 2. The van der Waals surface area contributed by atoms with E-state index in [0.29, 0.717) is 24.4 Å². The molecule has 3 unspecified atom stereocenters. The van der Waals surface area contributed by atoms with Crippen LogP contribution in [0.2, 0.25) is 0 Å². The molecule has 0 spiro atoms. The van der Waals surface area contributed by atoms with Gasteiger partial charge in [0.05, 0.1) is 0 Å². The molecule has 5 N–H and O–H groups in total. The maximum atomic E-state index is 13.6. The Morgan fingerprint density at radius 1 is 1.34 bits per heavy atom. The molecule has 1 saturated heterocycles. The Kier molecular flexibility index (Phi) is 14.0. The fraction of sp³-hybridized carbons (Fsp3) is 0.429. The molecule has 0 aliphatic carbocycles. The smallest absolute Gasteiger partial charge is 0.252 e. The maximum absolute atomic E-state index is 13.6. The Balaban J connectivity index is 0.000000308. The predicted octanol–water partition coefficient (Wildman–Crippen LogP) is 2.90. The molecule has 3 rings (SSSR count). The number of aldehydes is 1. The maximum Gasteiger partial charge on any atom is 0.252 e. The van der Waals surface area contributed by atoms with E-state index in [0.717, 1.165) is 16.9 Å². The summed E-state index contributed by atoms with van der Waals surface area (Å²) in [5.41, 5.74) is 6.80. The second-order valence-electron chi connectivity index (χ2n) is 9.04. The third-order valence-corrected chi connectivity index (χ3v) is 7.18. The molecule has 1 aromatic heterocycles. The highest BCUT2D eigenvalue weighted by molar-refractivity contribution is 7.10. The van der Waals surface area contributed by atoms with Crippen molar-refractivity contribution in [2.24, 2.45) is 5.73 Å². The molecule has 208 valence electrons. The van der Waals surface area contributed by atoms with E-state index in [1.165, 1.54) is 48.9 Å². The number of nitrogens with zero attached hydrogens (tertiary/aromatic N) is 1. The third kappa shape index (κ3) is 10.9. The number of thiophene rings is 1. The largest absolute Gasteiger partial charge is 0.382 e. The predicted molar refractivity (Wildman–Crippen MR) is 146 cm³/mol. The van der Waals surface area contributed by atoms with Crippen LogP contribution in [0, 0.1) is 5.82 Å². The highest BCUT2D eigenvalue weighted by Crippen LogP contribution is 2.20. The minimum absolute atomic E-state index is 0.110. The topological polar surface area (TPSA) is 116 Å². The van der Waals surface area contributed by atoms with E-state index >= 15 is 0 Å². The Hall–Kier alpha value is -2.76. The van der Waals surface area contributed by atoms with Gasteiger partial charge < -0.3 is 31.0 Å². The van der Waals surface area contributed by atoms with Crippen LogP contribution in [0.25, 0.3) is 0 Å². The van der Waals surface area contributed by atoms with Crippen LogP contribution in [0.5, 0.6) is 0 Å². The van der Waals surface area contributed by atoms with Gasteiger partial charge in [-0.25, -0.2) is 8.78 Å². The zero-order valence-corrected chi connectivity index (χ0v) is 22.4. The van der Waals surface area contributed by atoms with Gasteiger partial charge in [-0.15, -0.1) is 11.3 Å². The molecule has 1 fully saturated rings. The number of aliphatic hydroxyl groups is 2. The summed E-state index contributed by atoms with van der Waals surface area (Å²) in [5.74, 6) is -1.26.